The van der Waals surface area contributed by atoms with Gasteiger partial charge in [0.05, 0.1) is 22.6 Å². The first kappa shape index (κ1) is 16.3. The maximum absolute atomic E-state index is 11.3. The summed E-state index contributed by atoms with van der Waals surface area (Å²) in [6.45, 7) is 0. The van der Waals surface area contributed by atoms with Crippen molar-refractivity contribution in [2.75, 3.05) is 11.5 Å². The number of thiocarbonyl (C=S) groups is 1. The Hall–Kier alpha value is -2.07. The fourth-order valence-electron chi connectivity index (χ4n) is 2.01. The molecular weight excluding hydrogens is 328 g/mol. The third-order valence-corrected chi connectivity index (χ3v) is 5.01. The van der Waals surface area contributed by atoms with Crippen molar-refractivity contribution >= 4 is 39.1 Å². The van der Waals surface area contributed by atoms with Crippen LogP contribution in [0.15, 0.2) is 29.4 Å². The molecule has 0 saturated carbocycles. The summed E-state index contributed by atoms with van der Waals surface area (Å²) in [4.78, 5) is 10.2. The number of nitrogens with zero attached hydrogens (tertiary/aromatic N) is 2. The Morgan fingerprint density at radius 1 is 1.50 bits per heavy atom. The van der Waals surface area contributed by atoms with E-state index in [0.717, 1.165) is 0 Å². The van der Waals surface area contributed by atoms with Crippen LogP contribution in [0.1, 0.15) is 12.0 Å². The van der Waals surface area contributed by atoms with Gasteiger partial charge in [0.15, 0.2) is 14.9 Å². The molecule has 2 N–H and O–H groups in total. The van der Waals surface area contributed by atoms with Gasteiger partial charge in [0.2, 0.25) is 0 Å². The zero-order valence-corrected chi connectivity index (χ0v) is 13.1. The summed E-state index contributed by atoms with van der Waals surface area (Å²) < 4.78 is 22.6. The predicted molar refractivity (Wildman–Crippen MR) is 86.6 cm³/mol. The summed E-state index contributed by atoms with van der Waals surface area (Å²) in [5.74, 6) is 0.216. The van der Waals surface area contributed by atoms with Crippen LogP contribution in [0.3, 0.4) is 0 Å². The van der Waals surface area contributed by atoms with E-state index < -0.39 is 14.8 Å². The van der Waals surface area contributed by atoms with Gasteiger partial charge in [0, 0.05) is 23.7 Å². The average molecular weight is 342 g/mol. The minimum Gasteiger partial charge on any atom is -0.358 e. The molecule has 0 radical (unpaired) electrons. The average Bonchev–Trinajstić information content (AvgIpc) is 2.78. The highest BCUT2D eigenvalue weighted by Crippen LogP contribution is 2.12. The quantitative estimate of drug-likeness (QED) is 0.356. The fourth-order valence-corrected chi connectivity index (χ4v) is 3.90. The lowest BCUT2D eigenvalue weighted by atomic mass is 10.2. The van der Waals surface area contributed by atoms with Crippen molar-refractivity contribution in [3.63, 3.8) is 0 Å². The first-order chi connectivity index (χ1) is 10.4. The van der Waals surface area contributed by atoms with Crippen LogP contribution in [0.25, 0.3) is 0 Å². The number of nitro benzene ring substituents is 1. The van der Waals surface area contributed by atoms with E-state index in [-0.39, 0.29) is 28.3 Å². The fraction of sp³-hybridized carbons (Fsp3) is 0.333. The van der Waals surface area contributed by atoms with Gasteiger partial charge in [-0.05, 0) is 18.6 Å². The van der Waals surface area contributed by atoms with Crippen molar-refractivity contribution in [3.8, 4) is 0 Å². The van der Waals surface area contributed by atoms with Gasteiger partial charge in [-0.2, -0.15) is 5.10 Å². The van der Waals surface area contributed by atoms with E-state index in [4.69, 9.17) is 12.2 Å². The molecule has 1 aliphatic rings. The summed E-state index contributed by atoms with van der Waals surface area (Å²) in [7, 11) is -2.97. The summed E-state index contributed by atoms with van der Waals surface area (Å²) in [5, 5.41) is 17.6. The Morgan fingerprint density at radius 2 is 2.27 bits per heavy atom. The molecule has 1 aromatic carbocycles. The van der Waals surface area contributed by atoms with E-state index in [1.807, 2.05) is 0 Å². The van der Waals surface area contributed by atoms with Gasteiger partial charge < -0.3 is 5.32 Å². The number of non-ortho nitro benzene ring substituents is 1. The second-order valence-corrected chi connectivity index (χ2v) is 7.43. The minimum atomic E-state index is -2.97. The second kappa shape index (κ2) is 6.79. The molecule has 1 aromatic rings. The second-order valence-electron chi connectivity index (χ2n) is 4.80. The molecule has 1 fully saturated rings. The Kier molecular flexibility index (Phi) is 5.03. The van der Waals surface area contributed by atoms with E-state index in [2.05, 4.69) is 15.8 Å². The van der Waals surface area contributed by atoms with E-state index in [1.165, 1.54) is 18.3 Å². The summed E-state index contributed by atoms with van der Waals surface area (Å²) in [6, 6.07) is 5.78. The molecule has 1 heterocycles. The third kappa shape index (κ3) is 4.74. The molecule has 8 nitrogen and oxygen atoms in total. The van der Waals surface area contributed by atoms with Crippen LogP contribution < -0.4 is 10.7 Å². The van der Waals surface area contributed by atoms with E-state index in [1.54, 1.807) is 12.1 Å². The summed E-state index contributed by atoms with van der Waals surface area (Å²) >= 11 is 5.01. The SMILES string of the molecule is O=[N+]([O-])c1cccc(/C=N\NC(=S)N[C@@H]2CCS(=O)(=O)C2)c1. The molecule has 118 valence electrons. The van der Waals surface area contributed by atoms with E-state index in [0.29, 0.717) is 12.0 Å². The Bertz CT molecular complexity index is 718. The van der Waals surface area contributed by atoms with Crippen LogP contribution >= 0.6 is 12.2 Å². The third-order valence-electron chi connectivity index (χ3n) is 3.03. The maximum atomic E-state index is 11.3. The van der Waals surface area contributed by atoms with Gasteiger partial charge in [-0.15, -0.1) is 0 Å². The smallest absolute Gasteiger partial charge is 0.270 e. The monoisotopic (exact) mass is 342 g/mol. The van der Waals surface area contributed by atoms with Crippen LogP contribution in [0.2, 0.25) is 0 Å². The van der Waals surface area contributed by atoms with Gasteiger partial charge >= 0.3 is 0 Å². The predicted octanol–water partition coefficient (Wildman–Crippen LogP) is 0.580. The highest BCUT2D eigenvalue weighted by atomic mass is 32.2. The van der Waals surface area contributed by atoms with Gasteiger partial charge in [0.25, 0.3) is 5.69 Å². The summed E-state index contributed by atoms with van der Waals surface area (Å²) in [5.41, 5.74) is 3.08. The number of benzene rings is 1. The topological polar surface area (TPSA) is 114 Å². The molecule has 2 rings (SSSR count). The van der Waals surface area contributed by atoms with Crippen LogP contribution in [0, 0.1) is 10.1 Å². The molecule has 1 saturated heterocycles. The van der Waals surface area contributed by atoms with Crippen molar-refractivity contribution in [1.82, 2.24) is 10.7 Å². The lowest BCUT2D eigenvalue weighted by Crippen LogP contribution is -2.40. The van der Waals surface area contributed by atoms with Crippen LogP contribution in [0.5, 0.6) is 0 Å². The molecule has 1 atom stereocenters. The largest absolute Gasteiger partial charge is 0.358 e. The number of hydrazone groups is 1. The molecule has 1 aliphatic heterocycles. The van der Waals surface area contributed by atoms with E-state index in [9.17, 15) is 18.5 Å². The lowest BCUT2D eigenvalue weighted by molar-refractivity contribution is -0.384. The molecule has 22 heavy (non-hydrogen) atoms. The zero-order chi connectivity index (χ0) is 16.2. The number of hydrogen-bond donors (Lipinski definition) is 2. The van der Waals surface area contributed by atoms with Crippen molar-refractivity contribution in [1.29, 1.82) is 0 Å². The molecule has 0 aliphatic carbocycles. The Morgan fingerprint density at radius 3 is 2.91 bits per heavy atom. The lowest BCUT2D eigenvalue weighted by Gasteiger charge is -2.11. The van der Waals surface area contributed by atoms with Crippen molar-refractivity contribution in [2.24, 2.45) is 5.10 Å². The van der Waals surface area contributed by atoms with Crippen LogP contribution in [-0.2, 0) is 9.84 Å². The highest BCUT2D eigenvalue weighted by Gasteiger charge is 2.28. The van der Waals surface area contributed by atoms with Crippen LogP contribution in [0.4, 0.5) is 5.69 Å². The highest BCUT2D eigenvalue weighted by molar-refractivity contribution is 7.91. The normalized spacial score (nSPS) is 19.9. The summed E-state index contributed by atoms with van der Waals surface area (Å²) in [6.07, 6.45) is 1.91. The minimum absolute atomic E-state index is 0.0270. The molecular formula is C12H14N4O4S2. The van der Waals surface area contributed by atoms with Gasteiger partial charge in [-0.3, -0.25) is 15.5 Å². The first-order valence-corrected chi connectivity index (χ1v) is 8.63. The number of sulfone groups is 1. The molecule has 0 aromatic heterocycles. The van der Waals surface area contributed by atoms with E-state index >= 15 is 0 Å². The van der Waals surface area contributed by atoms with Gasteiger partial charge in [-0.25, -0.2) is 8.42 Å². The first-order valence-electron chi connectivity index (χ1n) is 6.40. The molecule has 0 unspecified atom stereocenters. The number of nitrogens with one attached hydrogen (secondary N) is 2. The number of rotatable bonds is 4. The van der Waals surface area contributed by atoms with Crippen molar-refractivity contribution < 1.29 is 13.3 Å². The van der Waals surface area contributed by atoms with Gasteiger partial charge in [-0.1, -0.05) is 12.1 Å². The van der Waals surface area contributed by atoms with Gasteiger partial charge in [0.1, 0.15) is 0 Å². The maximum Gasteiger partial charge on any atom is 0.270 e. The standard InChI is InChI=1S/C12H14N4O4S2/c17-16(18)11-3-1-2-9(6-11)7-13-15-12(21)14-10-4-5-22(19,20)8-10/h1-3,6-7,10H,4-5,8H2,(H2,14,15,21)/b13-7-/t10-/m1/s1. The Labute approximate surface area is 132 Å². The van der Waals surface area contributed by atoms with Crippen molar-refractivity contribution in [3.05, 3.63) is 39.9 Å². The Balaban J connectivity index is 1.86. The molecule has 0 bridgehead atoms. The number of nitro groups is 1. The number of hydrogen-bond acceptors (Lipinski definition) is 6. The van der Waals surface area contributed by atoms with Crippen molar-refractivity contribution in [2.45, 2.75) is 12.5 Å². The molecule has 10 heteroatoms. The molecule has 0 amide bonds. The zero-order valence-electron chi connectivity index (χ0n) is 11.4. The van der Waals surface area contributed by atoms with Crippen LogP contribution in [-0.4, -0.2) is 42.2 Å². The molecule has 0 spiro atoms.